The van der Waals surface area contributed by atoms with Crippen molar-refractivity contribution in [1.29, 1.82) is 0 Å². The molecule has 5 nitrogen and oxygen atoms in total. The smallest absolute Gasteiger partial charge is 0.410 e. The van der Waals surface area contributed by atoms with Crippen LogP contribution < -0.4 is 5.32 Å². The van der Waals surface area contributed by atoms with Gasteiger partial charge in [-0.3, -0.25) is 9.69 Å². The number of rotatable bonds is 1. The highest BCUT2D eigenvalue weighted by Crippen LogP contribution is 2.21. The van der Waals surface area contributed by atoms with Crippen molar-refractivity contribution in [3.63, 3.8) is 0 Å². The predicted molar refractivity (Wildman–Crippen MR) is 78.5 cm³/mol. The van der Waals surface area contributed by atoms with Gasteiger partial charge in [-0.05, 0) is 60.8 Å². The van der Waals surface area contributed by atoms with Crippen LogP contribution in [0.2, 0.25) is 0 Å². The number of hydrogen-bond donors (Lipinski definition) is 1. The minimum absolute atomic E-state index is 0.0944. The second-order valence-electron chi connectivity index (χ2n) is 7.42. The number of hydrogen-bond acceptors (Lipinski definition) is 3. The molecule has 0 unspecified atom stereocenters. The summed E-state index contributed by atoms with van der Waals surface area (Å²) in [4.78, 5) is 26.1. The molecule has 1 fully saturated rings. The highest BCUT2D eigenvalue weighted by molar-refractivity contribution is 5.86. The molecule has 1 N–H and O–H groups in total. The molecule has 1 heterocycles. The largest absolute Gasteiger partial charge is 0.444 e. The van der Waals surface area contributed by atoms with E-state index in [1.54, 1.807) is 4.90 Å². The first kappa shape index (κ1) is 16.8. The minimum Gasteiger partial charge on any atom is -0.444 e. The number of piperidine rings is 1. The first-order valence-electron chi connectivity index (χ1n) is 7.31. The summed E-state index contributed by atoms with van der Waals surface area (Å²) in [5, 5.41) is 2.95. The standard InChI is InChI=1S/C15H28N2O3/c1-14(2,3)16-12(18)11-9-7-8-10-17(11)13(19)20-15(4,5)6/h11H,7-10H2,1-6H3,(H,16,18)/t11-/m0/s1. The number of amides is 2. The van der Waals surface area contributed by atoms with E-state index < -0.39 is 17.7 Å². The van der Waals surface area contributed by atoms with Crippen LogP contribution in [0.4, 0.5) is 4.79 Å². The first-order valence-corrected chi connectivity index (χ1v) is 7.31. The van der Waals surface area contributed by atoms with Gasteiger partial charge in [0, 0.05) is 12.1 Å². The molecule has 0 aromatic heterocycles. The third kappa shape index (κ3) is 5.39. The van der Waals surface area contributed by atoms with Crippen molar-refractivity contribution in [2.75, 3.05) is 6.54 Å². The van der Waals surface area contributed by atoms with Gasteiger partial charge in [-0.2, -0.15) is 0 Å². The molecule has 1 aliphatic heterocycles. The minimum atomic E-state index is -0.542. The van der Waals surface area contributed by atoms with E-state index in [9.17, 15) is 9.59 Å². The van der Waals surface area contributed by atoms with Gasteiger partial charge in [-0.25, -0.2) is 4.79 Å². The zero-order valence-corrected chi connectivity index (χ0v) is 13.6. The van der Waals surface area contributed by atoms with Gasteiger partial charge in [0.15, 0.2) is 0 Å². The molecule has 0 bridgehead atoms. The SMILES string of the molecule is CC(C)(C)NC(=O)[C@@H]1CCCCN1C(=O)OC(C)(C)C. The molecule has 2 amide bonds. The van der Waals surface area contributed by atoms with Crippen molar-refractivity contribution in [1.82, 2.24) is 10.2 Å². The molecule has 1 atom stereocenters. The van der Waals surface area contributed by atoms with Crippen molar-refractivity contribution >= 4 is 12.0 Å². The number of nitrogens with zero attached hydrogens (tertiary/aromatic N) is 1. The lowest BCUT2D eigenvalue weighted by molar-refractivity contribution is -0.129. The van der Waals surface area contributed by atoms with E-state index in [0.717, 1.165) is 12.8 Å². The molecular weight excluding hydrogens is 256 g/mol. The number of nitrogens with one attached hydrogen (secondary N) is 1. The fourth-order valence-electron chi connectivity index (χ4n) is 2.20. The van der Waals surface area contributed by atoms with E-state index in [1.165, 1.54) is 0 Å². The lowest BCUT2D eigenvalue weighted by Gasteiger charge is -2.37. The van der Waals surface area contributed by atoms with Gasteiger partial charge in [0.2, 0.25) is 5.91 Å². The Labute approximate surface area is 122 Å². The van der Waals surface area contributed by atoms with Gasteiger partial charge in [0.05, 0.1) is 0 Å². The molecule has 0 spiro atoms. The lowest BCUT2D eigenvalue weighted by atomic mass is 10.00. The van der Waals surface area contributed by atoms with Crippen molar-refractivity contribution in [2.24, 2.45) is 0 Å². The van der Waals surface area contributed by atoms with Crippen LogP contribution in [0.5, 0.6) is 0 Å². The maximum atomic E-state index is 12.3. The van der Waals surface area contributed by atoms with Crippen molar-refractivity contribution < 1.29 is 14.3 Å². The Kier molecular flexibility index (Phi) is 5.05. The van der Waals surface area contributed by atoms with Gasteiger partial charge in [-0.15, -0.1) is 0 Å². The summed E-state index contributed by atoms with van der Waals surface area (Å²) in [7, 11) is 0. The average molecular weight is 284 g/mol. The van der Waals surface area contributed by atoms with E-state index in [4.69, 9.17) is 4.74 Å². The van der Waals surface area contributed by atoms with Crippen molar-refractivity contribution in [3.8, 4) is 0 Å². The summed E-state index contributed by atoms with van der Waals surface area (Å²) in [5.74, 6) is -0.0944. The molecule has 0 aromatic rings. The van der Waals surface area contributed by atoms with Crippen LogP contribution in [0.25, 0.3) is 0 Å². The van der Waals surface area contributed by atoms with Gasteiger partial charge in [-0.1, -0.05) is 0 Å². The normalized spacial score (nSPS) is 20.5. The lowest BCUT2D eigenvalue weighted by Crippen LogP contribution is -2.56. The van der Waals surface area contributed by atoms with Gasteiger partial charge >= 0.3 is 6.09 Å². The second kappa shape index (κ2) is 6.02. The Morgan fingerprint density at radius 2 is 1.70 bits per heavy atom. The quantitative estimate of drug-likeness (QED) is 0.805. The maximum Gasteiger partial charge on any atom is 0.410 e. The molecule has 1 rings (SSSR count). The van der Waals surface area contributed by atoms with Crippen LogP contribution in [-0.2, 0) is 9.53 Å². The number of carbonyl (C=O) groups is 2. The summed E-state index contributed by atoms with van der Waals surface area (Å²) < 4.78 is 5.39. The maximum absolute atomic E-state index is 12.3. The number of likely N-dealkylation sites (tertiary alicyclic amines) is 1. The molecule has 0 saturated carbocycles. The van der Waals surface area contributed by atoms with E-state index in [0.29, 0.717) is 13.0 Å². The van der Waals surface area contributed by atoms with E-state index in [2.05, 4.69) is 5.32 Å². The van der Waals surface area contributed by atoms with Crippen LogP contribution in [-0.4, -0.2) is 40.6 Å². The van der Waals surface area contributed by atoms with E-state index in [-0.39, 0.29) is 11.4 Å². The highest BCUT2D eigenvalue weighted by atomic mass is 16.6. The summed E-state index contributed by atoms with van der Waals surface area (Å²) in [6.07, 6.45) is 2.17. The van der Waals surface area contributed by atoms with Gasteiger partial charge < -0.3 is 10.1 Å². The zero-order valence-electron chi connectivity index (χ0n) is 13.6. The zero-order chi connectivity index (χ0) is 15.6. The number of carbonyl (C=O) groups excluding carboxylic acids is 2. The Bertz CT molecular complexity index is 330. The molecule has 1 aliphatic rings. The summed E-state index contributed by atoms with van der Waals surface area (Å²) in [5.41, 5.74) is -0.840. The van der Waals surface area contributed by atoms with E-state index in [1.807, 2.05) is 41.5 Å². The fourth-order valence-corrected chi connectivity index (χ4v) is 2.20. The molecular formula is C15H28N2O3. The Balaban J connectivity index is 2.76. The van der Waals surface area contributed by atoms with Gasteiger partial charge in [0.25, 0.3) is 0 Å². The van der Waals surface area contributed by atoms with Crippen LogP contribution in [0, 0.1) is 0 Å². The Morgan fingerprint density at radius 1 is 1.10 bits per heavy atom. The summed E-state index contributed by atoms with van der Waals surface area (Å²) >= 11 is 0. The van der Waals surface area contributed by atoms with Crippen molar-refractivity contribution in [2.45, 2.75) is 78.0 Å². The molecule has 0 aromatic carbocycles. The first-order chi connectivity index (χ1) is 8.99. The summed E-state index contributed by atoms with van der Waals surface area (Å²) in [6.45, 7) is 11.9. The Morgan fingerprint density at radius 3 is 2.20 bits per heavy atom. The Hall–Kier alpha value is -1.26. The molecule has 1 saturated heterocycles. The average Bonchev–Trinajstić information content (AvgIpc) is 2.24. The van der Waals surface area contributed by atoms with Crippen LogP contribution >= 0.6 is 0 Å². The molecule has 116 valence electrons. The second-order valence-corrected chi connectivity index (χ2v) is 7.42. The van der Waals surface area contributed by atoms with Gasteiger partial charge in [0.1, 0.15) is 11.6 Å². The predicted octanol–water partition coefficient (Wildman–Crippen LogP) is 2.69. The highest BCUT2D eigenvalue weighted by Gasteiger charge is 2.35. The third-order valence-corrected chi connectivity index (χ3v) is 2.93. The number of ether oxygens (including phenoxy) is 1. The van der Waals surface area contributed by atoms with Crippen molar-refractivity contribution in [3.05, 3.63) is 0 Å². The summed E-state index contributed by atoms with van der Waals surface area (Å²) in [6, 6.07) is -0.419. The molecule has 20 heavy (non-hydrogen) atoms. The van der Waals surface area contributed by atoms with Crippen LogP contribution in [0.3, 0.4) is 0 Å². The third-order valence-electron chi connectivity index (χ3n) is 2.93. The molecule has 0 radical (unpaired) electrons. The topological polar surface area (TPSA) is 58.6 Å². The molecule has 0 aliphatic carbocycles. The monoisotopic (exact) mass is 284 g/mol. The van der Waals surface area contributed by atoms with Crippen LogP contribution in [0.15, 0.2) is 0 Å². The fraction of sp³-hybridized carbons (Fsp3) is 0.867. The molecule has 5 heteroatoms. The van der Waals surface area contributed by atoms with Crippen LogP contribution in [0.1, 0.15) is 60.8 Å². The van der Waals surface area contributed by atoms with E-state index >= 15 is 0 Å².